The summed E-state index contributed by atoms with van der Waals surface area (Å²) in [5, 5.41) is 12.1. The molecule has 0 spiro atoms. The Balaban J connectivity index is 2.39. The summed E-state index contributed by atoms with van der Waals surface area (Å²) >= 11 is 0. The number of nitrogens with zero attached hydrogens (tertiary/aromatic N) is 1. The second-order valence-electron chi connectivity index (χ2n) is 2.75. The van der Waals surface area contributed by atoms with Crippen LogP contribution in [-0.2, 0) is 4.79 Å². The Kier molecular flexibility index (Phi) is 2.84. The van der Waals surface area contributed by atoms with Crippen molar-refractivity contribution in [3.63, 3.8) is 0 Å². The maximum absolute atomic E-state index is 11.1. The lowest BCUT2D eigenvalue weighted by Crippen LogP contribution is -2.49. The molecular formula is C7H14N2O2. The predicted octanol–water partition coefficient (Wildman–Crippen LogP) is -1.20. The summed E-state index contributed by atoms with van der Waals surface area (Å²) < 4.78 is 0. The third-order valence-electron chi connectivity index (χ3n) is 1.79. The number of nitrogens with one attached hydrogen (secondary N) is 1. The van der Waals surface area contributed by atoms with Gasteiger partial charge in [0.1, 0.15) is 6.10 Å². The number of aliphatic hydroxyl groups excluding tert-OH is 1. The van der Waals surface area contributed by atoms with E-state index in [-0.39, 0.29) is 5.91 Å². The molecule has 1 amide bonds. The molecule has 0 aliphatic carbocycles. The highest BCUT2D eigenvalue weighted by atomic mass is 16.3. The van der Waals surface area contributed by atoms with Gasteiger partial charge in [-0.1, -0.05) is 0 Å². The molecule has 1 rings (SSSR count). The number of carbonyl (C=O) groups is 1. The van der Waals surface area contributed by atoms with Gasteiger partial charge in [-0.15, -0.1) is 0 Å². The van der Waals surface area contributed by atoms with E-state index in [0.717, 1.165) is 13.1 Å². The Morgan fingerprint density at radius 2 is 2.09 bits per heavy atom. The van der Waals surface area contributed by atoms with Crippen LogP contribution >= 0.6 is 0 Å². The molecule has 0 saturated carbocycles. The van der Waals surface area contributed by atoms with Gasteiger partial charge in [0.2, 0.25) is 0 Å². The van der Waals surface area contributed by atoms with E-state index in [9.17, 15) is 4.79 Å². The van der Waals surface area contributed by atoms with Crippen molar-refractivity contribution in [2.24, 2.45) is 0 Å². The molecule has 2 N–H and O–H groups in total. The average molecular weight is 158 g/mol. The van der Waals surface area contributed by atoms with E-state index in [1.165, 1.54) is 6.92 Å². The summed E-state index contributed by atoms with van der Waals surface area (Å²) in [6.45, 7) is 4.59. The predicted molar refractivity (Wildman–Crippen MR) is 41.1 cm³/mol. The molecule has 0 aromatic rings. The highest BCUT2D eigenvalue weighted by molar-refractivity contribution is 5.80. The van der Waals surface area contributed by atoms with Crippen LogP contribution in [0.5, 0.6) is 0 Å². The molecule has 4 heteroatoms. The average Bonchev–Trinajstić information content (AvgIpc) is 2.05. The van der Waals surface area contributed by atoms with E-state index in [2.05, 4.69) is 5.32 Å². The summed E-state index contributed by atoms with van der Waals surface area (Å²) in [4.78, 5) is 12.8. The molecule has 0 radical (unpaired) electrons. The first-order chi connectivity index (χ1) is 5.22. The van der Waals surface area contributed by atoms with Crippen LogP contribution in [0, 0.1) is 0 Å². The zero-order chi connectivity index (χ0) is 8.27. The molecule has 1 saturated heterocycles. The number of piperazine rings is 1. The first-order valence-corrected chi connectivity index (χ1v) is 3.89. The zero-order valence-corrected chi connectivity index (χ0v) is 6.71. The molecule has 11 heavy (non-hydrogen) atoms. The van der Waals surface area contributed by atoms with E-state index in [1.807, 2.05) is 0 Å². The van der Waals surface area contributed by atoms with Crippen molar-refractivity contribution in [2.45, 2.75) is 13.0 Å². The van der Waals surface area contributed by atoms with Crippen LogP contribution in [0.15, 0.2) is 0 Å². The Morgan fingerprint density at radius 3 is 2.55 bits per heavy atom. The summed E-state index contributed by atoms with van der Waals surface area (Å²) in [7, 11) is 0. The number of hydrogen-bond acceptors (Lipinski definition) is 3. The number of carbonyl (C=O) groups excluding carboxylic acids is 1. The molecule has 0 bridgehead atoms. The summed E-state index contributed by atoms with van der Waals surface area (Å²) in [5.41, 5.74) is 0. The van der Waals surface area contributed by atoms with Crippen molar-refractivity contribution in [3.05, 3.63) is 0 Å². The fraction of sp³-hybridized carbons (Fsp3) is 0.857. The Labute approximate surface area is 66.2 Å². The molecule has 1 aliphatic heterocycles. The Hall–Kier alpha value is -0.610. The normalized spacial score (nSPS) is 21.5. The minimum atomic E-state index is -0.854. The fourth-order valence-electron chi connectivity index (χ4n) is 1.15. The van der Waals surface area contributed by atoms with Crippen molar-refractivity contribution in [3.8, 4) is 0 Å². The van der Waals surface area contributed by atoms with Crippen LogP contribution in [0.4, 0.5) is 0 Å². The van der Waals surface area contributed by atoms with Crippen molar-refractivity contribution in [2.75, 3.05) is 26.2 Å². The van der Waals surface area contributed by atoms with E-state index in [4.69, 9.17) is 5.11 Å². The highest BCUT2D eigenvalue weighted by Gasteiger charge is 2.19. The van der Waals surface area contributed by atoms with E-state index < -0.39 is 6.10 Å². The van der Waals surface area contributed by atoms with Gasteiger partial charge in [-0.25, -0.2) is 0 Å². The van der Waals surface area contributed by atoms with Gasteiger partial charge in [-0.3, -0.25) is 4.79 Å². The van der Waals surface area contributed by atoms with E-state index in [0.29, 0.717) is 13.1 Å². The second kappa shape index (κ2) is 3.69. The third kappa shape index (κ3) is 2.17. The molecule has 0 aromatic carbocycles. The molecule has 4 nitrogen and oxygen atoms in total. The van der Waals surface area contributed by atoms with Gasteiger partial charge >= 0.3 is 0 Å². The molecular weight excluding hydrogens is 144 g/mol. The van der Waals surface area contributed by atoms with Crippen LogP contribution in [0.2, 0.25) is 0 Å². The fourth-order valence-corrected chi connectivity index (χ4v) is 1.15. The van der Waals surface area contributed by atoms with Gasteiger partial charge in [-0.2, -0.15) is 0 Å². The van der Waals surface area contributed by atoms with Crippen LogP contribution < -0.4 is 5.32 Å². The lowest BCUT2D eigenvalue weighted by atomic mass is 10.3. The molecule has 1 heterocycles. The first kappa shape index (κ1) is 8.49. The Bertz CT molecular complexity index is 141. The van der Waals surface area contributed by atoms with Gasteiger partial charge in [0.15, 0.2) is 0 Å². The summed E-state index contributed by atoms with van der Waals surface area (Å²) in [6.07, 6.45) is -0.854. The number of aliphatic hydroxyl groups is 1. The van der Waals surface area contributed by atoms with Gasteiger partial charge in [-0.05, 0) is 6.92 Å². The quantitative estimate of drug-likeness (QED) is 0.504. The second-order valence-corrected chi connectivity index (χ2v) is 2.75. The molecule has 64 valence electrons. The number of amides is 1. The minimum Gasteiger partial charge on any atom is -0.384 e. The highest BCUT2D eigenvalue weighted by Crippen LogP contribution is 1.96. The van der Waals surface area contributed by atoms with Gasteiger partial charge in [0.25, 0.3) is 5.91 Å². The molecule has 1 atom stereocenters. The molecule has 0 aromatic heterocycles. The SMILES string of the molecule is CC(O)C(=O)N1CCNCC1. The largest absolute Gasteiger partial charge is 0.384 e. The van der Waals surface area contributed by atoms with Crippen LogP contribution in [0.3, 0.4) is 0 Å². The summed E-state index contributed by atoms with van der Waals surface area (Å²) in [5.74, 6) is -0.161. The van der Waals surface area contributed by atoms with E-state index >= 15 is 0 Å². The Morgan fingerprint density at radius 1 is 1.55 bits per heavy atom. The summed E-state index contributed by atoms with van der Waals surface area (Å²) in [6, 6.07) is 0. The number of hydrogen-bond donors (Lipinski definition) is 2. The molecule has 1 aliphatic rings. The van der Waals surface area contributed by atoms with Gasteiger partial charge in [0, 0.05) is 26.2 Å². The molecule has 1 unspecified atom stereocenters. The first-order valence-electron chi connectivity index (χ1n) is 3.89. The van der Waals surface area contributed by atoms with E-state index in [1.54, 1.807) is 4.90 Å². The lowest BCUT2D eigenvalue weighted by molar-refractivity contribution is -0.139. The third-order valence-corrected chi connectivity index (χ3v) is 1.79. The lowest BCUT2D eigenvalue weighted by Gasteiger charge is -2.28. The van der Waals surface area contributed by atoms with Crippen molar-refractivity contribution in [1.29, 1.82) is 0 Å². The monoisotopic (exact) mass is 158 g/mol. The van der Waals surface area contributed by atoms with Crippen molar-refractivity contribution in [1.82, 2.24) is 10.2 Å². The minimum absolute atomic E-state index is 0.161. The topological polar surface area (TPSA) is 52.6 Å². The smallest absolute Gasteiger partial charge is 0.251 e. The van der Waals surface area contributed by atoms with Crippen molar-refractivity contribution >= 4 is 5.91 Å². The zero-order valence-electron chi connectivity index (χ0n) is 6.71. The van der Waals surface area contributed by atoms with Crippen molar-refractivity contribution < 1.29 is 9.90 Å². The van der Waals surface area contributed by atoms with Crippen LogP contribution in [0.25, 0.3) is 0 Å². The van der Waals surface area contributed by atoms with Crippen LogP contribution in [-0.4, -0.2) is 48.2 Å². The standard InChI is InChI=1S/C7H14N2O2/c1-6(10)7(11)9-4-2-8-3-5-9/h6,8,10H,2-5H2,1H3. The molecule has 1 fully saturated rings. The maximum atomic E-state index is 11.1. The number of rotatable bonds is 1. The van der Waals surface area contributed by atoms with Crippen LogP contribution in [0.1, 0.15) is 6.92 Å². The maximum Gasteiger partial charge on any atom is 0.251 e. The van der Waals surface area contributed by atoms with Gasteiger partial charge in [0.05, 0.1) is 0 Å². The van der Waals surface area contributed by atoms with Gasteiger partial charge < -0.3 is 15.3 Å².